The number of carbonyl (C=O) groups excluding carboxylic acids is 2. The van der Waals surface area contributed by atoms with Crippen LogP contribution in [0, 0.1) is 28.6 Å². The van der Waals surface area contributed by atoms with Gasteiger partial charge >= 0.3 is 0 Å². The number of imidazole rings is 1. The number of likely N-dealkylation sites (tertiary alicyclic amines) is 1. The van der Waals surface area contributed by atoms with E-state index in [0.29, 0.717) is 41.9 Å². The number of thiophene rings is 1. The zero-order chi connectivity index (χ0) is 33.0. The molecule has 0 spiro atoms. The lowest BCUT2D eigenvalue weighted by atomic mass is 9.93. The summed E-state index contributed by atoms with van der Waals surface area (Å²) in [6, 6.07) is 14.5. The van der Waals surface area contributed by atoms with E-state index in [1.807, 2.05) is 37.5 Å². The summed E-state index contributed by atoms with van der Waals surface area (Å²) in [5.74, 6) is -0.286. The maximum Gasteiger partial charge on any atom is 0.268 e. The molecule has 0 radical (unpaired) electrons. The van der Waals surface area contributed by atoms with Gasteiger partial charge < -0.3 is 14.8 Å². The smallest absolute Gasteiger partial charge is 0.268 e. The van der Waals surface area contributed by atoms with Crippen molar-refractivity contribution in [3.05, 3.63) is 76.7 Å². The van der Waals surface area contributed by atoms with Gasteiger partial charge in [0.15, 0.2) is 0 Å². The number of anilines is 1. The number of nitriles is 1. The summed E-state index contributed by atoms with van der Waals surface area (Å²) in [4.78, 5) is 38.5. The van der Waals surface area contributed by atoms with E-state index in [4.69, 9.17) is 4.98 Å². The highest BCUT2D eigenvalue weighted by Gasteiger charge is 2.32. The molecule has 4 aromatic rings. The first-order chi connectivity index (χ1) is 21.9. The average molecular weight is 642 g/mol. The third-order valence-electron chi connectivity index (χ3n) is 7.72. The number of hydrogen-bond donors (Lipinski definition) is 2. The number of rotatable bonds is 10. The van der Waals surface area contributed by atoms with E-state index in [1.54, 1.807) is 29.2 Å². The van der Waals surface area contributed by atoms with E-state index in [1.165, 1.54) is 23.6 Å². The summed E-state index contributed by atoms with van der Waals surface area (Å²) < 4.78 is 15.7. The normalized spacial score (nSPS) is 15.5. The summed E-state index contributed by atoms with van der Waals surface area (Å²) in [6.45, 7) is 12.8. The van der Waals surface area contributed by atoms with Gasteiger partial charge in [0.2, 0.25) is 11.9 Å². The van der Waals surface area contributed by atoms with Crippen LogP contribution in [-0.4, -0.2) is 50.4 Å². The van der Waals surface area contributed by atoms with Crippen molar-refractivity contribution in [2.45, 2.75) is 66.6 Å². The molecule has 0 unspecified atom stereocenters. The van der Waals surface area contributed by atoms with Crippen molar-refractivity contribution < 1.29 is 14.0 Å². The lowest BCUT2D eigenvalue weighted by Gasteiger charge is -2.26. The molecule has 0 bridgehead atoms. The van der Waals surface area contributed by atoms with Crippen LogP contribution in [0.5, 0.6) is 0 Å². The van der Waals surface area contributed by atoms with Crippen molar-refractivity contribution in [2.24, 2.45) is 11.3 Å². The van der Waals surface area contributed by atoms with E-state index in [0.717, 1.165) is 40.9 Å². The molecule has 4 heterocycles. The van der Waals surface area contributed by atoms with Gasteiger partial charge in [-0.1, -0.05) is 46.8 Å². The Hall–Kier alpha value is -4.40. The number of carbonyl (C=O) groups is 2. The van der Waals surface area contributed by atoms with E-state index >= 15 is 0 Å². The van der Waals surface area contributed by atoms with Crippen molar-refractivity contribution in [2.75, 3.05) is 18.4 Å². The molecule has 1 aromatic carbocycles. The minimum Gasteiger partial charge on any atom is -0.333 e. The lowest BCUT2D eigenvalue weighted by molar-refractivity contribution is -0.127. The predicted octanol–water partition coefficient (Wildman–Crippen LogP) is 6.78. The molecule has 0 aliphatic carbocycles. The molecule has 9 nitrogen and oxygen atoms in total. The number of hydrogen-bond acceptors (Lipinski definition) is 7. The fourth-order valence-electron chi connectivity index (χ4n) is 5.64. The molecule has 5 rings (SSSR count). The first kappa shape index (κ1) is 33.0. The standard InChI is InChI=1S/C35H40FN7O2S/c1-22(2)19-38-20-23-8-9-28-27(15-23)40-34(41-32(44)30-11-10-29(46-30)24-12-13-39-31(36)16-24)43(28)21-26-7-6-14-42(26)33(45)25(18-37)17-35(3,4)5/h8-13,15-17,22,26,38H,6-7,14,19-21H2,1-5H3,(H,40,41,44)/t26-/m1/s1. The van der Waals surface area contributed by atoms with Crippen LogP contribution >= 0.6 is 11.3 Å². The maximum absolute atomic E-state index is 13.7. The van der Waals surface area contributed by atoms with E-state index in [-0.39, 0.29) is 28.8 Å². The molecule has 2 amide bonds. The van der Waals surface area contributed by atoms with Crippen LogP contribution in [0.2, 0.25) is 0 Å². The number of nitrogens with zero attached hydrogens (tertiary/aromatic N) is 5. The molecular weight excluding hydrogens is 601 g/mol. The van der Waals surface area contributed by atoms with Gasteiger partial charge in [-0.2, -0.15) is 9.65 Å². The zero-order valence-electron chi connectivity index (χ0n) is 26.9. The monoisotopic (exact) mass is 641 g/mol. The summed E-state index contributed by atoms with van der Waals surface area (Å²) in [6.07, 6.45) is 4.71. The Balaban J connectivity index is 1.45. The van der Waals surface area contributed by atoms with Gasteiger partial charge in [-0.05, 0) is 72.2 Å². The largest absolute Gasteiger partial charge is 0.333 e. The van der Waals surface area contributed by atoms with Crippen LogP contribution in [0.1, 0.15) is 62.7 Å². The van der Waals surface area contributed by atoms with E-state index in [9.17, 15) is 19.2 Å². The van der Waals surface area contributed by atoms with Gasteiger partial charge in [-0.15, -0.1) is 11.3 Å². The molecule has 46 heavy (non-hydrogen) atoms. The molecule has 1 fully saturated rings. The fraction of sp³-hybridized carbons (Fsp3) is 0.400. The molecule has 1 aliphatic heterocycles. The molecule has 0 saturated carbocycles. The van der Waals surface area contributed by atoms with Crippen LogP contribution in [0.25, 0.3) is 21.5 Å². The fourth-order valence-corrected chi connectivity index (χ4v) is 6.54. The van der Waals surface area contributed by atoms with Gasteiger partial charge in [0.25, 0.3) is 11.8 Å². The minimum atomic E-state index is -0.584. The van der Waals surface area contributed by atoms with Gasteiger partial charge in [0.05, 0.1) is 22.0 Å². The van der Waals surface area contributed by atoms with Crippen LogP contribution in [-0.2, 0) is 17.9 Å². The Morgan fingerprint density at radius 3 is 2.72 bits per heavy atom. The molecule has 240 valence electrons. The zero-order valence-corrected chi connectivity index (χ0v) is 27.7. The lowest BCUT2D eigenvalue weighted by Crippen LogP contribution is -2.39. The quantitative estimate of drug-likeness (QED) is 0.112. The van der Waals surface area contributed by atoms with Crippen LogP contribution in [0.3, 0.4) is 0 Å². The van der Waals surface area contributed by atoms with Gasteiger partial charge in [-0.25, -0.2) is 9.97 Å². The number of aromatic nitrogens is 3. The summed E-state index contributed by atoms with van der Waals surface area (Å²) in [5.41, 5.74) is 3.12. The molecular formula is C35H40FN7O2S. The van der Waals surface area contributed by atoms with Gasteiger partial charge in [0, 0.05) is 36.8 Å². The average Bonchev–Trinajstić information content (AvgIpc) is 3.75. The Morgan fingerprint density at radius 1 is 1.20 bits per heavy atom. The van der Waals surface area contributed by atoms with Crippen molar-refractivity contribution in [1.82, 2.24) is 24.8 Å². The number of amides is 2. The molecule has 3 aromatic heterocycles. The molecule has 1 atom stereocenters. The molecule has 2 N–H and O–H groups in total. The Bertz CT molecular complexity index is 1810. The highest BCUT2D eigenvalue weighted by Crippen LogP contribution is 2.31. The van der Waals surface area contributed by atoms with E-state index in [2.05, 4.69) is 41.6 Å². The number of benzene rings is 1. The second-order valence-electron chi connectivity index (χ2n) is 13.2. The highest BCUT2D eigenvalue weighted by atomic mass is 32.1. The van der Waals surface area contributed by atoms with Crippen molar-refractivity contribution >= 4 is 40.1 Å². The number of fused-ring (bicyclic) bond motifs is 1. The molecule has 1 saturated heterocycles. The van der Waals surface area contributed by atoms with E-state index < -0.39 is 5.95 Å². The minimum absolute atomic E-state index is 0.143. The van der Waals surface area contributed by atoms with Crippen LogP contribution in [0.4, 0.5) is 10.3 Å². The number of pyridine rings is 1. The van der Waals surface area contributed by atoms with Crippen molar-refractivity contribution in [1.29, 1.82) is 5.26 Å². The summed E-state index contributed by atoms with van der Waals surface area (Å²) >= 11 is 1.25. The third kappa shape index (κ3) is 7.87. The number of allylic oxidation sites excluding steroid dienone is 1. The van der Waals surface area contributed by atoms with Gasteiger partial charge in [0.1, 0.15) is 11.6 Å². The van der Waals surface area contributed by atoms with Crippen molar-refractivity contribution in [3.8, 4) is 16.5 Å². The van der Waals surface area contributed by atoms with Crippen molar-refractivity contribution in [3.63, 3.8) is 0 Å². The third-order valence-corrected chi connectivity index (χ3v) is 8.85. The first-order valence-corrected chi connectivity index (χ1v) is 16.4. The highest BCUT2D eigenvalue weighted by molar-refractivity contribution is 7.17. The SMILES string of the molecule is CC(C)CNCc1ccc2c(c1)nc(NC(=O)c1ccc(-c3ccnc(F)c3)s1)n2C[C@H]1CCCN1C(=O)C(C#N)=CC(C)(C)C. The number of nitrogens with one attached hydrogen (secondary N) is 2. The molecule has 1 aliphatic rings. The van der Waals surface area contributed by atoms with Crippen LogP contribution in [0.15, 0.2) is 60.3 Å². The summed E-state index contributed by atoms with van der Waals surface area (Å²) in [7, 11) is 0. The second-order valence-corrected chi connectivity index (χ2v) is 14.3. The Morgan fingerprint density at radius 2 is 2.00 bits per heavy atom. The number of halogens is 1. The Kier molecular flexibility index (Phi) is 9.99. The van der Waals surface area contributed by atoms with Crippen LogP contribution < -0.4 is 10.6 Å². The van der Waals surface area contributed by atoms with Gasteiger partial charge in [-0.3, -0.25) is 14.9 Å². The maximum atomic E-state index is 13.7. The summed E-state index contributed by atoms with van der Waals surface area (Å²) in [5, 5.41) is 16.3. The second kappa shape index (κ2) is 13.9. The Labute approximate surface area is 273 Å². The predicted molar refractivity (Wildman–Crippen MR) is 180 cm³/mol. The molecule has 11 heteroatoms. The topological polar surface area (TPSA) is 116 Å². The first-order valence-electron chi connectivity index (χ1n) is 15.6.